The second-order valence-corrected chi connectivity index (χ2v) is 0.758. The molecule has 2 radical (unpaired) electrons. The Morgan fingerprint density at radius 2 is 1.12 bits per heavy atom. The third-order valence-corrected chi connectivity index (χ3v) is 0.214. The smallest absolute Gasteiger partial charge is 0.189 e. The van der Waals surface area contributed by atoms with Gasteiger partial charge >= 0.3 is 12.6 Å². The summed E-state index contributed by atoms with van der Waals surface area (Å²) in [5.41, 5.74) is 0. The van der Waals surface area contributed by atoms with Crippen LogP contribution in [0.1, 0.15) is 0 Å². The fourth-order valence-corrected chi connectivity index (χ4v) is 0. The summed E-state index contributed by atoms with van der Waals surface area (Å²) in [7, 11) is 0. The summed E-state index contributed by atoms with van der Waals surface area (Å²) in [5.74, 6) is 0. The van der Waals surface area contributed by atoms with Crippen LogP contribution in [0.5, 0.6) is 0 Å². The molecule has 0 amide bonds. The van der Waals surface area contributed by atoms with Crippen LogP contribution >= 0.6 is 0 Å². The molecule has 0 N–H and O–H groups in total. The SMILES string of the molecule is F[C](F)C(F)(F)F.[Cu]. The van der Waals surface area contributed by atoms with Crippen molar-refractivity contribution in [2.24, 2.45) is 0 Å². The second-order valence-electron chi connectivity index (χ2n) is 0.758. The number of alkyl halides is 3. The molecular weight excluding hydrogens is 183 g/mol. The van der Waals surface area contributed by atoms with E-state index in [9.17, 15) is 22.0 Å². The van der Waals surface area contributed by atoms with Crippen molar-refractivity contribution in [1.29, 1.82) is 0 Å². The van der Waals surface area contributed by atoms with Gasteiger partial charge in [0.15, 0.2) is 0 Å². The molecule has 54 valence electrons. The Hall–Kier alpha value is 0.169. The number of halogens is 5. The first-order valence-electron chi connectivity index (χ1n) is 1.19. The zero-order valence-electron chi connectivity index (χ0n) is 3.19. The molecular formula is C2CuF5. The quantitative estimate of drug-likeness (QED) is 0.397. The minimum Gasteiger partial charge on any atom is -0.189 e. The van der Waals surface area contributed by atoms with E-state index in [2.05, 4.69) is 0 Å². The van der Waals surface area contributed by atoms with Crippen LogP contribution in [0.2, 0.25) is 0 Å². The summed E-state index contributed by atoms with van der Waals surface area (Å²) >= 11 is 0. The second kappa shape index (κ2) is 3.25. The topological polar surface area (TPSA) is 0 Å². The molecule has 0 rings (SSSR count). The van der Waals surface area contributed by atoms with E-state index in [1.54, 1.807) is 0 Å². The van der Waals surface area contributed by atoms with Gasteiger partial charge in [-0.25, -0.2) is 0 Å². The third kappa shape index (κ3) is 4.33. The van der Waals surface area contributed by atoms with Gasteiger partial charge in [-0.15, -0.1) is 0 Å². The summed E-state index contributed by atoms with van der Waals surface area (Å²) in [6.07, 6.45) is -8.92. The fraction of sp³-hybridized carbons (Fsp3) is 0.500. The molecule has 0 aliphatic carbocycles. The van der Waals surface area contributed by atoms with Gasteiger partial charge in [0.25, 0.3) is 0 Å². The third-order valence-electron chi connectivity index (χ3n) is 0.214. The van der Waals surface area contributed by atoms with Crippen molar-refractivity contribution in [3.05, 3.63) is 6.43 Å². The molecule has 0 aromatic rings. The molecule has 0 unspecified atom stereocenters. The Kier molecular flexibility index (Phi) is 4.48. The van der Waals surface area contributed by atoms with Gasteiger partial charge in [-0.1, -0.05) is 0 Å². The van der Waals surface area contributed by atoms with Gasteiger partial charge in [-0.3, -0.25) is 0 Å². The number of hydrogen-bond acceptors (Lipinski definition) is 0. The fourth-order valence-electron chi connectivity index (χ4n) is 0. The van der Waals surface area contributed by atoms with Gasteiger partial charge in [0.2, 0.25) is 0 Å². The molecule has 0 aliphatic heterocycles. The van der Waals surface area contributed by atoms with E-state index in [1.807, 2.05) is 0 Å². The number of rotatable bonds is 0. The maximum absolute atomic E-state index is 10.4. The van der Waals surface area contributed by atoms with Gasteiger partial charge in [-0.2, -0.15) is 22.0 Å². The first-order chi connectivity index (χ1) is 2.94. The predicted molar refractivity (Wildman–Crippen MR) is 11.5 cm³/mol. The molecule has 0 atom stereocenters. The average Bonchev–Trinajstić information content (AvgIpc) is 1.31. The van der Waals surface area contributed by atoms with Gasteiger partial charge in [0.05, 0.1) is 0 Å². The van der Waals surface area contributed by atoms with Gasteiger partial charge in [0.1, 0.15) is 0 Å². The van der Waals surface area contributed by atoms with Crippen LogP contribution < -0.4 is 0 Å². The molecule has 0 aromatic heterocycles. The predicted octanol–water partition coefficient (Wildman–Crippen LogP) is 1.97. The van der Waals surface area contributed by atoms with Gasteiger partial charge in [-0.05, 0) is 0 Å². The van der Waals surface area contributed by atoms with Crippen molar-refractivity contribution in [2.45, 2.75) is 6.18 Å². The first-order valence-corrected chi connectivity index (χ1v) is 1.19. The molecule has 0 saturated heterocycles. The zero-order valence-corrected chi connectivity index (χ0v) is 4.13. The Labute approximate surface area is 52.5 Å². The molecule has 0 fully saturated rings. The van der Waals surface area contributed by atoms with E-state index in [0.29, 0.717) is 0 Å². The van der Waals surface area contributed by atoms with Crippen molar-refractivity contribution in [3.63, 3.8) is 0 Å². The van der Waals surface area contributed by atoms with Crippen molar-refractivity contribution < 1.29 is 39.0 Å². The average molecular weight is 183 g/mol. The summed E-state index contributed by atoms with van der Waals surface area (Å²) < 4.78 is 51.8. The van der Waals surface area contributed by atoms with E-state index in [1.165, 1.54) is 0 Å². The summed E-state index contributed by atoms with van der Waals surface area (Å²) in [5, 5.41) is 0. The van der Waals surface area contributed by atoms with E-state index in [4.69, 9.17) is 0 Å². The van der Waals surface area contributed by atoms with Crippen LogP contribution in [0, 0.1) is 6.43 Å². The largest absolute Gasteiger partial charge is 0.460 e. The Morgan fingerprint density at radius 3 is 1.12 bits per heavy atom. The van der Waals surface area contributed by atoms with Crippen molar-refractivity contribution in [2.75, 3.05) is 0 Å². The van der Waals surface area contributed by atoms with E-state index < -0.39 is 12.6 Å². The van der Waals surface area contributed by atoms with Crippen LogP contribution in [-0.2, 0) is 17.1 Å². The molecule has 0 bridgehead atoms. The first kappa shape index (κ1) is 11.0. The Bertz CT molecular complexity index is 55.9. The zero-order chi connectivity index (χ0) is 6.08. The molecule has 0 heterocycles. The molecule has 6 heteroatoms. The summed E-state index contributed by atoms with van der Waals surface area (Å²) in [6.45, 7) is 0. The summed E-state index contributed by atoms with van der Waals surface area (Å²) in [6, 6.07) is 0. The van der Waals surface area contributed by atoms with Crippen LogP contribution in [0.3, 0.4) is 0 Å². The normalized spacial score (nSPS) is 11.2. The standard InChI is InChI=1S/C2F5.Cu/c3-1(4)2(5,6)7;. The van der Waals surface area contributed by atoms with Crippen LogP contribution in [0.15, 0.2) is 0 Å². The minimum atomic E-state index is -5.42. The van der Waals surface area contributed by atoms with Gasteiger partial charge in [0, 0.05) is 17.1 Å². The van der Waals surface area contributed by atoms with Crippen LogP contribution in [0.4, 0.5) is 22.0 Å². The molecule has 0 saturated carbocycles. The van der Waals surface area contributed by atoms with Crippen molar-refractivity contribution in [3.8, 4) is 0 Å². The minimum absolute atomic E-state index is 0. The molecule has 8 heavy (non-hydrogen) atoms. The van der Waals surface area contributed by atoms with E-state index in [0.717, 1.165) is 0 Å². The van der Waals surface area contributed by atoms with E-state index >= 15 is 0 Å². The molecule has 0 nitrogen and oxygen atoms in total. The maximum atomic E-state index is 10.4. The van der Waals surface area contributed by atoms with E-state index in [-0.39, 0.29) is 17.1 Å². The molecule has 0 spiro atoms. The monoisotopic (exact) mass is 182 g/mol. The van der Waals surface area contributed by atoms with Crippen LogP contribution in [0.25, 0.3) is 0 Å². The van der Waals surface area contributed by atoms with Crippen LogP contribution in [-0.4, -0.2) is 6.18 Å². The molecule has 0 aromatic carbocycles. The van der Waals surface area contributed by atoms with Crippen molar-refractivity contribution in [1.82, 2.24) is 0 Å². The Morgan fingerprint density at radius 1 is 1.00 bits per heavy atom. The van der Waals surface area contributed by atoms with Gasteiger partial charge < -0.3 is 0 Å². The number of hydrogen-bond donors (Lipinski definition) is 0. The Balaban J connectivity index is 0. The summed E-state index contributed by atoms with van der Waals surface area (Å²) in [4.78, 5) is 0. The molecule has 0 aliphatic rings. The van der Waals surface area contributed by atoms with Crippen molar-refractivity contribution >= 4 is 0 Å². The maximum Gasteiger partial charge on any atom is 0.460 e.